The number of rotatable bonds is 10. The molecule has 0 atom stereocenters. The number of hydrogen-bond donors (Lipinski definition) is 1. The first-order chi connectivity index (χ1) is 12.2. The lowest BCUT2D eigenvalue weighted by molar-refractivity contribution is -0.123. The summed E-state index contributed by atoms with van der Waals surface area (Å²) in [6.45, 7) is 2.91. The zero-order valence-corrected chi connectivity index (χ0v) is 14.5. The molecule has 6 nitrogen and oxygen atoms in total. The highest BCUT2D eigenvalue weighted by Crippen LogP contribution is 2.28. The Kier molecular flexibility index (Phi) is 6.28. The highest BCUT2D eigenvalue weighted by molar-refractivity contribution is 5.95. The summed E-state index contributed by atoms with van der Waals surface area (Å²) in [6.07, 6.45) is 4.93. The molecule has 1 saturated carbocycles. The quantitative estimate of drug-likeness (QED) is 0.659. The highest BCUT2D eigenvalue weighted by Gasteiger charge is 2.21. The summed E-state index contributed by atoms with van der Waals surface area (Å²) in [6, 6.07) is 7.29. The standard InChI is InChI=1S/C19H26N2O4/c22-18(20-10-2-12-24-13-15-4-5-15)14-25-17-8-6-16(7-9-17)21-11-1-3-19(21)23/h6-9,15H,1-5,10-14H2,(H,20,22). The van der Waals surface area contributed by atoms with Gasteiger partial charge < -0.3 is 19.7 Å². The van der Waals surface area contributed by atoms with Crippen molar-refractivity contribution in [3.8, 4) is 5.75 Å². The third-order valence-electron chi connectivity index (χ3n) is 4.43. The summed E-state index contributed by atoms with van der Waals surface area (Å²) in [5.74, 6) is 1.42. The number of carbonyl (C=O) groups excluding carboxylic acids is 2. The van der Waals surface area contributed by atoms with Gasteiger partial charge in [-0.1, -0.05) is 0 Å². The summed E-state index contributed by atoms with van der Waals surface area (Å²) in [5.41, 5.74) is 0.880. The lowest BCUT2D eigenvalue weighted by atomic mass is 10.3. The molecule has 6 heteroatoms. The number of carbonyl (C=O) groups is 2. The van der Waals surface area contributed by atoms with E-state index in [0.717, 1.165) is 37.6 Å². The van der Waals surface area contributed by atoms with Gasteiger partial charge in [0.15, 0.2) is 6.61 Å². The SMILES string of the molecule is O=C(COc1ccc(N2CCCC2=O)cc1)NCCCOCC1CC1. The van der Waals surface area contributed by atoms with E-state index in [1.807, 2.05) is 12.1 Å². The molecule has 2 fully saturated rings. The van der Waals surface area contributed by atoms with Gasteiger partial charge in [0.05, 0.1) is 0 Å². The van der Waals surface area contributed by atoms with Crippen LogP contribution in [-0.2, 0) is 14.3 Å². The molecule has 2 aliphatic rings. The fourth-order valence-electron chi connectivity index (χ4n) is 2.78. The van der Waals surface area contributed by atoms with Crippen molar-refractivity contribution in [1.29, 1.82) is 0 Å². The van der Waals surface area contributed by atoms with E-state index < -0.39 is 0 Å². The number of benzene rings is 1. The lowest BCUT2D eigenvalue weighted by Crippen LogP contribution is -2.30. The number of anilines is 1. The number of ether oxygens (including phenoxy) is 2. The molecule has 1 aromatic rings. The van der Waals surface area contributed by atoms with E-state index in [2.05, 4.69) is 5.32 Å². The Balaban J connectivity index is 1.29. The van der Waals surface area contributed by atoms with Crippen LogP contribution >= 0.6 is 0 Å². The normalized spacial score (nSPS) is 17.0. The summed E-state index contributed by atoms with van der Waals surface area (Å²) in [7, 11) is 0. The van der Waals surface area contributed by atoms with Gasteiger partial charge in [0, 0.05) is 38.4 Å². The molecule has 0 spiro atoms. The Morgan fingerprint density at radius 2 is 2.04 bits per heavy atom. The molecule has 0 bridgehead atoms. The molecule has 1 saturated heterocycles. The van der Waals surface area contributed by atoms with Crippen LogP contribution in [0.3, 0.4) is 0 Å². The van der Waals surface area contributed by atoms with Gasteiger partial charge in [-0.25, -0.2) is 0 Å². The van der Waals surface area contributed by atoms with Crippen LogP contribution in [0, 0.1) is 5.92 Å². The average Bonchev–Trinajstić information content (AvgIpc) is 3.35. The first kappa shape index (κ1) is 17.7. The van der Waals surface area contributed by atoms with Crippen LogP contribution in [-0.4, -0.2) is 44.7 Å². The summed E-state index contributed by atoms with van der Waals surface area (Å²) in [4.78, 5) is 25.2. The second-order valence-corrected chi connectivity index (χ2v) is 6.65. The van der Waals surface area contributed by atoms with Crippen molar-refractivity contribution in [2.45, 2.75) is 32.1 Å². The number of nitrogens with one attached hydrogen (secondary N) is 1. The number of hydrogen-bond acceptors (Lipinski definition) is 4. The summed E-state index contributed by atoms with van der Waals surface area (Å²) in [5, 5.41) is 2.82. The van der Waals surface area contributed by atoms with Crippen LogP contribution in [0.4, 0.5) is 5.69 Å². The van der Waals surface area contributed by atoms with E-state index in [4.69, 9.17) is 9.47 Å². The fraction of sp³-hybridized carbons (Fsp3) is 0.579. The van der Waals surface area contributed by atoms with E-state index in [1.54, 1.807) is 17.0 Å². The van der Waals surface area contributed by atoms with Gasteiger partial charge in [-0.05, 0) is 55.9 Å². The zero-order chi connectivity index (χ0) is 17.5. The molecule has 1 aliphatic heterocycles. The molecule has 0 unspecified atom stereocenters. The molecule has 0 radical (unpaired) electrons. The second-order valence-electron chi connectivity index (χ2n) is 6.65. The van der Waals surface area contributed by atoms with Crippen molar-refractivity contribution in [3.05, 3.63) is 24.3 Å². The smallest absolute Gasteiger partial charge is 0.257 e. The predicted molar refractivity (Wildman–Crippen MR) is 94.7 cm³/mol. The Hall–Kier alpha value is -2.08. The Morgan fingerprint density at radius 1 is 1.24 bits per heavy atom. The zero-order valence-electron chi connectivity index (χ0n) is 14.5. The van der Waals surface area contributed by atoms with Crippen LogP contribution in [0.1, 0.15) is 32.1 Å². The highest BCUT2D eigenvalue weighted by atomic mass is 16.5. The van der Waals surface area contributed by atoms with Gasteiger partial charge in [0.1, 0.15) is 5.75 Å². The maximum Gasteiger partial charge on any atom is 0.257 e. The van der Waals surface area contributed by atoms with Crippen molar-refractivity contribution in [1.82, 2.24) is 5.32 Å². The van der Waals surface area contributed by atoms with Crippen molar-refractivity contribution in [2.75, 3.05) is 37.8 Å². The van der Waals surface area contributed by atoms with E-state index in [-0.39, 0.29) is 18.4 Å². The molecule has 2 amide bonds. The molecule has 1 aromatic carbocycles. The fourth-order valence-corrected chi connectivity index (χ4v) is 2.78. The van der Waals surface area contributed by atoms with Gasteiger partial charge in [0.2, 0.25) is 5.91 Å². The van der Waals surface area contributed by atoms with Gasteiger partial charge in [-0.15, -0.1) is 0 Å². The molecular weight excluding hydrogens is 320 g/mol. The van der Waals surface area contributed by atoms with Crippen LogP contribution in [0.25, 0.3) is 0 Å². The maximum absolute atomic E-state index is 11.8. The maximum atomic E-state index is 11.8. The minimum Gasteiger partial charge on any atom is -0.484 e. The average molecular weight is 346 g/mol. The van der Waals surface area contributed by atoms with Crippen molar-refractivity contribution >= 4 is 17.5 Å². The van der Waals surface area contributed by atoms with Crippen LogP contribution in [0.5, 0.6) is 5.75 Å². The molecule has 25 heavy (non-hydrogen) atoms. The van der Waals surface area contributed by atoms with Crippen LogP contribution < -0.4 is 15.0 Å². The Bertz CT molecular complexity index is 584. The second kappa shape index (κ2) is 8.85. The van der Waals surface area contributed by atoms with Crippen LogP contribution in [0.15, 0.2) is 24.3 Å². The van der Waals surface area contributed by atoms with Crippen LogP contribution in [0.2, 0.25) is 0 Å². The van der Waals surface area contributed by atoms with Crippen molar-refractivity contribution in [3.63, 3.8) is 0 Å². The molecule has 136 valence electrons. The largest absolute Gasteiger partial charge is 0.484 e. The third kappa shape index (κ3) is 5.74. The number of nitrogens with zero attached hydrogens (tertiary/aromatic N) is 1. The van der Waals surface area contributed by atoms with E-state index in [9.17, 15) is 9.59 Å². The van der Waals surface area contributed by atoms with Crippen molar-refractivity contribution in [2.24, 2.45) is 5.92 Å². The summed E-state index contributed by atoms with van der Waals surface area (Å²) >= 11 is 0. The monoisotopic (exact) mass is 346 g/mol. The van der Waals surface area contributed by atoms with E-state index in [1.165, 1.54) is 12.8 Å². The molecule has 1 N–H and O–H groups in total. The van der Waals surface area contributed by atoms with E-state index >= 15 is 0 Å². The third-order valence-corrected chi connectivity index (χ3v) is 4.43. The predicted octanol–water partition coefficient (Wildman–Crippen LogP) is 2.13. The first-order valence-corrected chi connectivity index (χ1v) is 9.10. The van der Waals surface area contributed by atoms with Gasteiger partial charge >= 0.3 is 0 Å². The Labute approximate surface area is 148 Å². The molecule has 1 heterocycles. The molecule has 0 aromatic heterocycles. The van der Waals surface area contributed by atoms with Gasteiger partial charge in [0.25, 0.3) is 5.91 Å². The number of amides is 2. The molecule has 1 aliphatic carbocycles. The molecular formula is C19H26N2O4. The summed E-state index contributed by atoms with van der Waals surface area (Å²) < 4.78 is 11.0. The van der Waals surface area contributed by atoms with Gasteiger partial charge in [-0.2, -0.15) is 0 Å². The minimum absolute atomic E-state index is 0.00901. The topological polar surface area (TPSA) is 67.9 Å². The minimum atomic E-state index is -0.138. The van der Waals surface area contributed by atoms with E-state index in [0.29, 0.717) is 25.3 Å². The van der Waals surface area contributed by atoms with Crippen molar-refractivity contribution < 1.29 is 19.1 Å². The molecule has 3 rings (SSSR count). The lowest BCUT2D eigenvalue weighted by Gasteiger charge is -2.16. The van der Waals surface area contributed by atoms with Gasteiger partial charge in [-0.3, -0.25) is 9.59 Å². The Morgan fingerprint density at radius 3 is 2.72 bits per heavy atom. The first-order valence-electron chi connectivity index (χ1n) is 9.10.